The Bertz CT molecular complexity index is 394. The second kappa shape index (κ2) is 5.19. The molecule has 0 radical (unpaired) electrons. The maximum atomic E-state index is 11.9. The molecule has 94 valence electrons. The van der Waals surface area contributed by atoms with E-state index in [0.717, 1.165) is 36.1 Å². The lowest BCUT2D eigenvalue weighted by Gasteiger charge is -2.32. The standard InChI is InChI=1S/C13H19NO2S/c1-10-5-8-17-11(10)12(15)14-9-13(16)6-3-2-4-7-13/h5,8,16H,2-4,6-7,9H2,1H3,(H,14,15). The maximum Gasteiger partial charge on any atom is 0.261 e. The Morgan fingerprint density at radius 3 is 2.76 bits per heavy atom. The zero-order valence-corrected chi connectivity index (χ0v) is 11.0. The molecule has 1 fully saturated rings. The lowest BCUT2D eigenvalue weighted by atomic mass is 9.85. The largest absolute Gasteiger partial charge is 0.388 e. The molecule has 1 amide bonds. The molecule has 0 aliphatic heterocycles. The molecule has 0 aromatic carbocycles. The summed E-state index contributed by atoms with van der Waals surface area (Å²) in [5.41, 5.74) is 0.321. The molecule has 1 heterocycles. The SMILES string of the molecule is Cc1ccsc1C(=O)NCC1(O)CCCCC1. The molecule has 4 heteroatoms. The van der Waals surface area contributed by atoms with Gasteiger partial charge >= 0.3 is 0 Å². The fourth-order valence-electron chi connectivity index (χ4n) is 2.32. The Morgan fingerprint density at radius 2 is 2.18 bits per heavy atom. The summed E-state index contributed by atoms with van der Waals surface area (Å²) in [6.07, 6.45) is 4.92. The van der Waals surface area contributed by atoms with Crippen molar-refractivity contribution >= 4 is 17.2 Å². The lowest BCUT2D eigenvalue weighted by Crippen LogP contribution is -2.44. The van der Waals surface area contributed by atoms with Crippen molar-refractivity contribution in [2.45, 2.75) is 44.6 Å². The number of nitrogens with one attached hydrogen (secondary N) is 1. The average molecular weight is 253 g/mol. The van der Waals surface area contributed by atoms with E-state index in [2.05, 4.69) is 5.32 Å². The van der Waals surface area contributed by atoms with Crippen LogP contribution < -0.4 is 5.32 Å². The summed E-state index contributed by atoms with van der Waals surface area (Å²) >= 11 is 1.45. The molecule has 17 heavy (non-hydrogen) atoms. The van der Waals surface area contributed by atoms with Gasteiger partial charge in [-0.2, -0.15) is 0 Å². The number of aliphatic hydroxyl groups is 1. The van der Waals surface area contributed by atoms with Gasteiger partial charge in [0.2, 0.25) is 0 Å². The molecule has 1 saturated carbocycles. The molecule has 2 N–H and O–H groups in total. The van der Waals surface area contributed by atoms with Gasteiger partial charge in [-0.05, 0) is 36.8 Å². The number of carbonyl (C=O) groups is 1. The minimum absolute atomic E-state index is 0.0588. The second-order valence-corrected chi connectivity index (χ2v) is 5.82. The Labute approximate surface area is 106 Å². The summed E-state index contributed by atoms with van der Waals surface area (Å²) in [6, 6.07) is 1.94. The Balaban J connectivity index is 1.90. The van der Waals surface area contributed by atoms with Gasteiger partial charge in [0, 0.05) is 6.54 Å². The van der Waals surface area contributed by atoms with E-state index in [4.69, 9.17) is 0 Å². The minimum atomic E-state index is -0.681. The minimum Gasteiger partial charge on any atom is -0.388 e. The van der Waals surface area contributed by atoms with Gasteiger partial charge in [-0.25, -0.2) is 0 Å². The van der Waals surface area contributed by atoms with Gasteiger partial charge in [-0.3, -0.25) is 4.79 Å². The van der Waals surface area contributed by atoms with Crippen LogP contribution >= 0.6 is 11.3 Å². The van der Waals surface area contributed by atoms with Gasteiger partial charge < -0.3 is 10.4 Å². The third-order valence-corrected chi connectivity index (χ3v) is 4.45. The Hall–Kier alpha value is -0.870. The van der Waals surface area contributed by atoms with E-state index in [9.17, 15) is 9.90 Å². The molecule has 1 aliphatic rings. The van der Waals surface area contributed by atoms with E-state index in [1.165, 1.54) is 17.8 Å². The number of aryl methyl sites for hydroxylation is 1. The molecule has 2 rings (SSSR count). The van der Waals surface area contributed by atoms with Crippen LogP contribution in [0.5, 0.6) is 0 Å². The van der Waals surface area contributed by atoms with Crippen LogP contribution in [0, 0.1) is 6.92 Å². The van der Waals surface area contributed by atoms with Crippen molar-refractivity contribution in [1.82, 2.24) is 5.32 Å². The van der Waals surface area contributed by atoms with Crippen molar-refractivity contribution in [3.05, 3.63) is 21.9 Å². The molecule has 1 aliphatic carbocycles. The highest BCUT2D eigenvalue weighted by Crippen LogP contribution is 2.27. The van der Waals surface area contributed by atoms with Gasteiger partial charge in [-0.1, -0.05) is 19.3 Å². The number of hydrogen-bond donors (Lipinski definition) is 2. The monoisotopic (exact) mass is 253 g/mol. The van der Waals surface area contributed by atoms with Crippen LogP contribution in [0.25, 0.3) is 0 Å². The topological polar surface area (TPSA) is 49.3 Å². The number of carbonyl (C=O) groups excluding carboxylic acids is 1. The summed E-state index contributed by atoms with van der Waals surface area (Å²) in [6.45, 7) is 2.31. The summed E-state index contributed by atoms with van der Waals surface area (Å²) in [5, 5.41) is 15.0. The third-order valence-electron chi connectivity index (χ3n) is 3.43. The van der Waals surface area contributed by atoms with Crippen molar-refractivity contribution < 1.29 is 9.90 Å². The summed E-state index contributed by atoms with van der Waals surface area (Å²) < 4.78 is 0. The Morgan fingerprint density at radius 1 is 1.47 bits per heavy atom. The van der Waals surface area contributed by atoms with Gasteiger partial charge in [0.15, 0.2) is 0 Å². The van der Waals surface area contributed by atoms with Crippen molar-refractivity contribution in [3.8, 4) is 0 Å². The predicted octanol–water partition coefficient (Wildman–Crippen LogP) is 2.48. The van der Waals surface area contributed by atoms with Crippen molar-refractivity contribution in [3.63, 3.8) is 0 Å². The molecule has 0 bridgehead atoms. The first-order valence-corrected chi connectivity index (χ1v) is 7.03. The second-order valence-electron chi connectivity index (χ2n) is 4.90. The molecular formula is C13H19NO2S. The molecule has 0 unspecified atom stereocenters. The van der Waals surface area contributed by atoms with Crippen molar-refractivity contribution in [2.75, 3.05) is 6.54 Å². The fourth-order valence-corrected chi connectivity index (χ4v) is 3.16. The number of hydrogen-bond acceptors (Lipinski definition) is 3. The molecule has 3 nitrogen and oxygen atoms in total. The number of amides is 1. The van der Waals surface area contributed by atoms with Crippen LogP contribution in [0.15, 0.2) is 11.4 Å². The van der Waals surface area contributed by atoms with Crippen LogP contribution in [0.2, 0.25) is 0 Å². The molecule has 0 spiro atoms. The van der Waals surface area contributed by atoms with E-state index in [0.29, 0.717) is 6.54 Å². The smallest absolute Gasteiger partial charge is 0.261 e. The molecule has 0 atom stereocenters. The quantitative estimate of drug-likeness (QED) is 0.869. The number of thiophene rings is 1. The summed E-state index contributed by atoms with van der Waals surface area (Å²) in [4.78, 5) is 12.7. The van der Waals surface area contributed by atoms with Crippen LogP contribution in [0.1, 0.15) is 47.3 Å². The van der Waals surface area contributed by atoms with E-state index < -0.39 is 5.60 Å². The highest BCUT2D eigenvalue weighted by molar-refractivity contribution is 7.12. The zero-order valence-electron chi connectivity index (χ0n) is 10.2. The first-order valence-electron chi connectivity index (χ1n) is 6.15. The van der Waals surface area contributed by atoms with Crippen LogP contribution in [0.4, 0.5) is 0 Å². The van der Waals surface area contributed by atoms with Crippen molar-refractivity contribution in [2.24, 2.45) is 0 Å². The summed E-state index contributed by atoms with van der Waals surface area (Å²) in [5.74, 6) is -0.0588. The average Bonchev–Trinajstić information content (AvgIpc) is 2.74. The highest BCUT2D eigenvalue weighted by Gasteiger charge is 2.29. The van der Waals surface area contributed by atoms with Crippen LogP contribution in [0.3, 0.4) is 0 Å². The molecule has 1 aromatic rings. The maximum absolute atomic E-state index is 11.9. The van der Waals surface area contributed by atoms with E-state index in [1.54, 1.807) is 0 Å². The van der Waals surface area contributed by atoms with Gasteiger partial charge in [0.1, 0.15) is 0 Å². The molecule has 1 aromatic heterocycles. The molecular weight excluding hydrogens is 234 g/mol. The first-order chi connectivity index (χ1) is 8.11. The fraction of sp³-hybridized carbons (Fsp3) is 0.615. The van der Waals surface area contributed by atoms with Gasteiger partial charge in [-0.15, -0.1) is 11.3 Å². The lowest BCUT2D eigenvalue weighted by molar-refractivity contribution is 0.00529. The normalized spacial score (nSPS) is 18.9. The van der Waals surface area contributed by atoms with Crippen LogP contribution in [-0.2, 0) is 0 Å². The van der Waals surface area contributed by atoms with E-state index in [1.807, 2.05) is 18.4 Å². The highest BCUT2D eigenvalue weighted by atomic mass is 32.1. The third kappa shape index (κ3) is 3.07. The van der Waals surface area contributed by atoms with Crippen LogP contribution in [-0.4, -0.2) is 23.2 Å². The zero-order chi connectivity index (χ0) is 12.3. The summed E-state index contributed by atoms with van der Waals surface area (Å²) in [7, 11) is 0. The predicted molar refractivity (Wildman–Crippen MR) is 69.4 cm³/mol. The van der Waals surface area contributed by atoms with Gasteiger partial charge in [0.25, 0.3) is 5.91 Å². The van der Waals surface area contributed by atoms with E-state index >= 15 is 0 Å². The molecule has 0 saturated heterocycles. The van der Waals surface area contributed by atoms with E-state index in [-0.39, 0.29) is 5.91 Å². The van der Waals surface area contributed by atoms with Crippen molar-refractivity contribution in [1.29, 1.82) is 0 Å². The first kappa shape index (κ1) is 12.6. The number of rotatable bonds is 3. The van der Waals surface area contributed by atoms with Gasteiger partial charge in [0.05, 0.1) is 10.5 Å². The Kier molecular flexibility index (Phi) is 3.84.